The molecule has 0 amide bonds. The van der Waals surface area contributed by atoms with Gasteiger partial charge in [0.25, 0.3) is 0 Å². The van der Waals surface area contributed by atoms with Gasteiger partial charge < -0.3 is 10.4 Å². The summed E-state index contributed by atoms with van der Waals surface area (Å²) in [7, 11) is 0. The minimum atomic E-state index is 0.248. The number of anilines is 1. The van der Waals surface area contributed by atoms with Crippen molar-refractivity contribution in [3.8, 4) is 11.8 Å². The average molecular weight is 264 g/mol. The average Bonchev–Trinajstić information content (AvgIpc) is 2.83. The normalized spacial score (nSPS) is 16.5. The highest BCUT2D eigenvalue weighted by molar-refractivity contribution is 5.57. The molecule has 0 saturated heterocycles. The van der Waals surface area contributed by atoms with E-state index in [-0.39, 0.29) is 6.04 Å². The Labute approximate surface area is 118 Å². The Morgan fingerprint density at radius 2 is 2.10 bits per heavy atom. The Morgan fingerprint density at radius 1 is 1.25 bits per heavy atom. The molecule has 0 spiro atoms. The van der Waals surface area contributed by atoms with Gasteiger partial charge in [0.05, 0.1) is 17.7 Å². The van der Waals surface area contributed by atoms with Crippen LogP contribution in [-0.4, -0.2) is 5.11 Å². The Morgan fingerprint density at radius 3 is 2.90 bits per heavy atom. The number of aryl methyl sites for hydroxylation is 2. The van der Waals surface area contributed by atoms with Gasteiger partial charge in [0.2, 0.25) is 0 Å². The minimum Gasteiger partial charge on any atom is -0.508 e. The highest BCUT2D eigenvalue weighted by atomic mass is 16.3. The van der Waals surface area contributed by atoms with Crippen LogP contribution in [0.25, 0.3) is 0 Å². The summed E-state index contributed by atoms with van der Waals surface area (Å²) in [6.45, 7) is 2.04. The number of nitrogens with zero attached hydrogens (tertiary/aromatic N) is 1. The molecule has 0 aliphatic heterocycles. The molecule has 1 aliphatic rings. The monoisotopic (exact) mass is 264 g/mol. The Hall–Kier alpha value is -2.47. The Balaban J connectivity index is 1.89. The number of nitriles is 1. The first kappa shape index (κ1) is 12.6. The van der Waals surface area contributed by atoms with Crippen molar-refractivity contribution in [3.05, 3.63) is 58.7 Å². The fourth-order valence-corrected chi connectivity index (χ4v) is 2.79. The standard InChI is InChI=1S/C17H16N2O/c1-11-2-3-12(10-18)8-17(11)19-16-7-4-13-9-14(20)5-6-15(13)16/h2-3,5-6,8-9,16,19-20H,4,7H2,1H3. The van der Waals surface area contributed by atoms with E-state index in [1.807, 2.05) is 37.3 Å². The van der Waals surface area contributed by atoms with Crippen LogP contribution in [0.5, 0.6) is 5.75 Å². The van der Waals surface area contributed by atoms with E-state index in [2.05, 4.69) is 11.4 Å². The fraction of sp³-hybridized carbons (Fsp3) is 0.235. The van der Waals surface area contributed by atoms with Gasteiger partial charge >= 0.3 is 0 Å². The molecule has 2 N–H and O–H groups in total. The first-order chi connectivity index (χ1) is 9.67. The maximum Gasteiger partial charge on any atom is 0.115 e. The summed E-state index contributed by atoms with van der Waals surface area (Å²) < 4.78 is 0. The second-order valence-corrected chi connectivity index (χ2v) is 5.26. The summed E-state index contributed by atoms with van der Waals surface area (Å²) in [6.07, 6.45) is 1.98. The number of aromatic hydroxyl groups is 1. The van der Waals surface area contributed by atoms with E-state index >= 15 is 0 Å². The van der Waals surface area contributed by atoms with Crippen LogP contribution in [0.4, 0.5) is 5.69 Å². The van der Waals surface area contributed by atoms with Crippen molar-refractivity contribution in [1.82, 2.24) is 0 Å². The molecule has 0 heterocycles. The SMILES string of the molecule is Cc1ccc(C#N)cc1NC1CCc2cc(O)ccc21. The van der Waals surface area contributed by atoms with Crippen molar-refractivity contribution in [2.24, 2.45) is 0 Å². The summed E-state index contributed by atoms with van der Waals surface area (Å²) in [5.41, 5.74) is 5.26. The molecule has 0 fully saturated rings. The topological polar surface area (TPSA) is 56.0 Å². The first-order valence-electron chi connectivity index (χ1n) is 6.76. The predicted molar refractivity (Wildman–Crippen MR) is 78.7 cm³/mol. The molecule has 0 radical (unpaired) electrons. The van der Waals surface area contributed by atoms with Gasteiger partial charge in [-0.3, -0.25) is 0 Å². The summed E-state index contributed by atoms with van der Waals surface area (Å²) in [6, 6.07) is 13.7. The van der Waals surface area contributed by atoms with Crippen molar-refractivity contribution < 1.29 is 5.11 Å². The number of rotatable bonds is 2. The molecule has 2 aromatic rings. The van der Waals surface area contributed by atoms with Crippen LogP contribution in [0.2, 0.25) is 0 Å². The molecule has 1 aliphatic carbocycles. The molecule has 0 bridgehead atoms. The fourth-order valence-electron chi connectivity index (χ4n) is 2.79. The zero-order valence-electron chi connectivity index (χ0n) is 11.4. The lowest BCUT2D eigenvalue weighted by Gasteiger charge is -2.17. The number of hydrogen-bond donors (Lipinski definition) is 2. The zero-order chi connectivity index (χ0) is 14.1. The lowest BCUT2D eigenvalue weighted by Crippen LogP contribution is -2.08. The first-order valence-corrected chi connectivity index (χ1v) is 6.76. The largest absolute Gasteiger partial charge is 0.508 e. The van der Waals surface area contributed by atoms with Crippen LogP contribution in [0, 0.1) is 18.3 Å². The third-order valence-electron chi connectivity index (χ3n) is 3.90. The zero-order valence-corrected chi connectivity index (χ0v) is 11.4. The van der Waals surface area contributed by atoms with E-state index in [4.69, 9.17) is 5.26 Å². The van der Waals surface area contributed by atoms with Crippen molar-refractivity contribution in [3.63, 3.8) is 0 Å². The maximum atomic E-state index is 9.53. The summed E-state index contributed by atoms with van der Waals surface area (Å²) >= 11 is 0. The quantitative estimate of drug-likeness (QED) is 0.870. The highest BCUT2D eigenvalue weighted by Crippen LogP contribution is 2.36. The highest BCUT2D eigenvalue weighted by Gasteiger charge is 2.22. The molecule has 3 nitrogen and oxygen atoms in total. The van der Waals surface area contributed by atoms with Crippen LogP contribution in [0.3, 0.4) is 0 Å². The molecule has 0 aromatic heterocycles. The Bertz CT molecular complexity index is 701. The third-order valence-corrected chi connectivity index (χ3v) is 3.90. The molecule has 2 aromatic carbocycles. The second kappa shape index (κ2) is 4.90. The molecular formula is C17H16N2O. The molecule has 3 rings (SSSR count). The van der Waals surface area contributed by atoms with Crippen molar-refractivity contribution in [2.45, 2.75) is 25.8 Å². The summed E-state index contributed by atoms with van der Waals surface area (Å²) in [5, 5.41) is 22.1. The predicted octanol–water partition coefficient (Wildman–Crippen LogP) is 3.67. The van der Waals surface area contributed by atoms with E-state index in [1.165, 1.54) is 11.1 Å². The maximum absolute atomic E-state index is 9.53. The molecule has 1 unspecified atom stereocenters. The van der Waals surface area contributed by atoms with Gasteiger partial charge in [-0.2, -0.15) is 5.26 Å². The number of phenolic OH excluding ortho intramolecular Hbond substituents is 1. The number of benzene rings is 2. The van der Waals surface area contributed by atoms with Crippen LogP contribution >= 0.6 is 0 Å². The van der Waals surface area contributed by atoms with E-state index in [1.54, 1.807) is 6.07 Å². The number of hydrogen-bond acceptors (Lipinski definition) is 3. The minimum absolute atomic E-state index is 0.248. The lowest BCUT2D eigenvalue weighted by molar-refractivity contribution is 0.474. The van der Waals surface area contributed by atoms with E-state index in [0.717, 1.165) is 24.1 Å². The van der Waals surface area contributed by atoms with Crippen molar-refractivity contribution in [2.75, 3.05) is 5.32 Å². The van der Waals surface area contributed by atoms with Gasteiger partial charge in [0, 0.05) is 5.69 Å². The molecule has 1 atom stereocenters. The van der Waals surface area contributed by atoms with Gasteiger partial charge in [-0.1, -0.05) is 12.1 Å². The number of phenols is 1. The summed E-state index contributed by atoms with van der Waals surface area (Å²) in [4.78, 5) is 0. The second-order valence-electron chi connectivity index (χ2n) is 5.26. The van der Waals surface area contributed by atoms with Crippen molar-refractivity contribution >= 4 is 5.69 Å². The van der Waals surface area contributed by atoms with Crippen LogP contribution in [0.1, 0.15) is 34.7 Å². The van der Waals surface area contributed by atoms with Gasteiger partial charge in [-0.15, -0.1) is 0 Å². The molecule has 100 valence electrons. The smallest absolute Gasteiger partial charge is 0.115 e. The van der Waals surface area contributed by atoms with Crippen LogP contribution in [0.15, 0.2) is 36.4 Å². The van der Waals surface area contributed by atoms with Gasteiger partial charge in [0.1, 0.15) is 5.75 Å². The molecule has 20 heavy (non-hydrogen) atoms. The third kappa shape index (κ3) is 2.21. The number of fused-ring (bicyclic) bond motifs is 1. The van der Waals surface area contributed by atoms with Gasteiger partial charge in [0.15, 0.2) is 0 Å². The van der Waals surface area contributed by atoms with E-state index in [9.17, 15) is 5.11 Å². The number of nitrogens with one attached hydrogen (secondary N) is 1. The van der Waals surface area contributed by atoms with E-state index < -0.39 is 0 Å². The molecule has 0 saturated carbocycles. The van der Waals surface area contributed by atoms with Gasteiger partial charge in [-0.25, -0.2) is 0 Å². The van der Waals surface area contributed by atoms with Crippen molar-refractivity contribution in [1.29, 1.82) is 5.26 Å². The molecule has 3 heteroatoms. The van der Waals surface area contributed by atoms with Crippen LogP contribution < -0.4 is 5.32 Å². The van der Waals surface area contributed by atoms with Gasteiger partial charge in [-0.05, 0) is 60.7 Å². The lowest BCUT2D eigenvalue weighted by atomic mass is 10.1. The summed E-state index contributed by atoms with van der Waals surface area (Å²) in [5.74, 6) is 0.326. The Kier molecular flexibility index (Phi) is 3.08. The molecular weight excluding hydrogens is 248 g/mol. The van der Waals surface area contributed by atoms with Crippen LogP contribution in [-0.2, 0) is 6.42 Å². The van der Waals surface area contributed by atoms with E-state index in [0.29, 0.717) is 11.3 Å².